The van der Waals surface area contributed by atoms with Gasteiger partial charge < -0.3 is 19.1 Å². The second kappa shape index (κ2) is 5.48. The van der Waals surface area contributed by atoms with Crippen LogP contribution in [0.1, 0.15) is 29.8 Å². The quantitative estimate of drug-likeness (QED) is 0.755. The Labute approximate surface area is 122 Å². The highest BCUT2D eigenvalue weighted by molar-refractivity contribution is 5.93. The number of ether oxygens (including phenoxy) is 1. The molecule has 1 aromatic heterocycles. The Morgan fingerprint density at radius 2 is 2.24 bits per heavy atom. The van der Waals surface area contributed by atoms with Crippen molar-refractivity contribution in [2.75, 3.05) is 33.3 Å². The van der Waals surface area contributed by atoms with E-state index in [4.69, 9.17) is 9.26 Å². The molecule has 7 nitrogen and oxygen atoms in total. The van der Waals surface area contributed by atoms with Crippen molar-refractivity contribution >= 4 is 11.8 Å². The summed E-state index contributed by atoms with van der Waals surface area (Å²) >= 11 is 0. The molecule has 2 amide bonds. The maximum atomic E-state index is 12.6. The molecule has 1 spiro atoms. The fourth-order valence-electron chi connectivity index (χ4n) is 3.04. The zero-order valence-electron chi connectivity index (χ0n) is 12.1. The molecule has 0 aliphatic carbocycles. The second-order valence-corrected chi connectivity index (χ2v) is 5.64. The number of carbonyl (C=O) groups is 2. The van der Waals surface area contributed by atoms with Crippen LogP contribution in [0.4, 0.5) is 0 Å². The van der Waals surface area contributed by atoms with Crippen LogP contribution in [0.5, 0.6) is 0 Å². The summed E-state index contributed by atoms with van der Waals surface area (Å²) in [4.78, 5) is 28.3. The number of amides is 2. The molecular weight excluding hydrogens is 274 g/mol. The summed E-state index contributed by atoms with van der Waals surface area (Å²) in [6, 6.07) is 1.53. The fraction of sp³-hybridized carbons (Fsp3) is 0.643. The molecule has 7 heteroatoms. The highest BCUT2D eigenvalue weighted by Gasteiger charge is 2.47. The van der Waals surface area contributed by atoms with E-state index in [0.29, 0.717) is 19.6 Å². The zero-order chi connectivity index (χ0) is 14.9. The van der Waals surface area contributed by atoms with Crippen LogP contribution in [0.2, 0.25) is 0 Å². The summed E-state index contributed by atoms with van der Waals surface area (Å²) in [6.07, 6.45) is 3.90. The molecule has 114 valence electrons. The molecule has 3 heterocycles. The van der Waals surface area contributed by atoms with Gasteiger partial charge in [0.05, 0.1) is 13.2 Å². The predicted molar refractivity (Wildman–Crippen MR) is 72.6 cm³/mol. The number of likely N-dealkylation sites (N-methyl/N-ethyl adjacent to an activating group) is 1. The Balaban J connectivity index is 1.81. The van der Waals surface area contributed by atoms with Crippen LogP contribution in [-0.2, 0) is 9.53 Å². The zero-order valence-corrected chi connectivity index (χ0v) is 12.1. The van der Waals surface area contributed by atoms with Crippen molar-refractivity contribution < 1.29 is 18.8 Å². The van der Waals surface area contributed by atoms with E-state index >= 15 is 0 Å². The SMILES string of the molecule is CN1CCCCC2(CN(C(=O)c3ccon3)CCO2)C1=O. The molecule has 2 saturated heterocycles. The van der Waals surface area contributed by atoms with Gasteiger partial charge in [-0.25, -0.2) is 0 Å². The Kier molecular flexibility index (Phi) is 3.67. The Morgan fingerprint density at radius 3 is 3.00 bits per heavy atom. The summed E-state index contributed by atoms with van der Waals surface area (Å²) in [5.74, 6) is -0.247. The summed E-state index contributed by atoms with van der Waals surface area (Å²) < 4.78 is 10.6. The van der Waals surface area contributed by atoms with E-state index in [9.17, 15) is 9.59 Å². The molecule has 2 aliphatic heterocycles. The van der Waals surface area contributed by atoms with E-state index < -0.39 is 5.60 Å². The fourth-order valence-corrected chi connectivity index (χ4v) is 3.04. The minimum Gasteiger partial charge on any atom is -0.364 e. The van der Waals surface area contributed by atoms with E-state index in [1.807, 2.05) is 0 Å². The van der Waals surface area contributed by atoms with Crippen molar-refractivity contribution in [3.63, 3.8) is 0 Å². The maximum Gasteiger partial charge on any atom is 0.276 e. The smallest absolute Gasteiger partial charge is 0.276 e. The van der Waals surface area contributed by atoms with Crippen LogP contribution in [-0.4, -0.2) is 65.7 Å². The van der Waals surface area contributed by atoms with Crippen molar-refractivity contribution in [3.8, 4) is 0 Å². The Bertz CT molecular complexity index is 530. The molecule has 0 saturated carbocycles. The maximum absolute atomic E-state index is 12.6. The van der Waals surface area contributed by atoms with Crippen molar-refractivity contribution in [2.45, 2.75) is 24.9 Å². The highest BCUT2D eigenvalue weighted by atomic mass is 16.5. The molecular formula is C14H19N3O4. The molecule has 1 aromatic rings. The second-order valence-electron chi connectivity index (χ2n) is 5.64. The number of hydrogen-bond donors (Lipinski definition) is 0. The van der Waals surface area contributed by atoms with Gasteiger partial charge in [-0.1, -0.05) is 5.16 Å². The number of nitrogens with zero attached hydrogens (tertiary/aromatic N) is 3. The molecule has 0 bridgehead atoms. The van der Waals surface area contributed by atoms with Crippen molar-refractivity contribution in [1.29, 1.82) is 0 Å². The van der Waals surface area contributed by atoms with Crippen LogP contribution < -0.4 is 0 Å². The van der Waals surface area contributed by atoms with E-state index in [-0.39, 0.29) is 24.1 Å². The molecule has 2 aliphatic rings. The third-order valence-corrected chi connectivity index (χ3v) is 4.19. The van der Waals surface area contributed by atoms with E-state index in [1.165, 1.54) is 12.3 Å². The van der Waals surface area contributed by atoms with Gasteiger partial charge in [0.25, 0.3) is 11.8 Å². The first-order valence-corrected chi connectivity index (χ1v) is 7.22. The van der Waals surface area contributed by atoms with Crippen LogP contribution in [0.15, 0.2) is 16.9 Å². The lowest BCUT2D eigenvalue weighted by molar-refractivity contribution is -0.166. The van der Waals surface area contributed by atoms with Gasteiger partial charge in [0.2, 0.25) is 0 Å². The molecule has 3 rings (SSSR count). The minimum atomic E-state index is -0.900. The number of aromatic nitrogens is 1. The third-order valence-electron chi connectivity index (χ3n) is 4.19. The van der Waals surface area contributed by atoms with Gasteiger partial charge in [-0.3, -0.25) is 9.59 Å². The van der Waals surface area contributed by atoms with Gasteiger partial charge in [-0.05, 0) is 19.3 Å². The number of rotatable bonds is 1. The molecule has 1 unspecified atom stereocenters. The van der Waals surface area contributed by atoms with E-state index in [0.717, 1.165) is 19.4 Å². The average molecular weight is 293 g/mol. The van der Waals surface area contributed by atoms with E-state index in [2.05, 4.69) is 5.16 Å². The van der Waals surface area contributed by atoms with Gasteiger partial charge in [0.15, 0.2) is 11.3 Å². The van der Waals surface area contributed by atoms with Crippen LogP contribution >= 0.6 is 0 Å². The monoisotopic (exact) mass is 293 g/mol. The molecule has 0 radical (unpaired) electrons. The highest BCUT2D eigenvalue weighted by Crippen LogP contribution is 2.29. The summed E-state index contributed by atoms with van der Waals surface area (Å²) in [5, 5.41) is 3.68. The Hall–Kier alpha value is -1.89. The van der Waals surface area contributed by atoms with E-state index in [1.54, 1.807) is 16.8 Å². The lowest BCUT2D eigenvalue weighted by Crippen LogP contribution is -2.60. The van der Waals surface area contributed by atoms with Gasteiger partial charge in [-0.2, -0.15) is 0 Å². The number of hydrogen-bond acceptors (Lipinski definition) is 5. The summed E-state index contributed by atoms with van der Waals surface area (Å²) in [6.45, 7) is 1.84. The van der Waals surface area contributed by atoms with Crippen molar-refractivity contribution in [3.05, 3.63) is 18.0 Å². The lowest BCUT2D eigenvalue weighted by Gasteiger charge is -2.41. The minimum absolute atomic E-state index is 0.0300. The number of likely N-dealkylation sites (tertiary alicyclic amines) is 1. The van der Waals surface area contributed by atoms with Crippen molar-refractivity contribution in [2.24, 2.45) is 0 Å². The summed E-state index contributed by atoms with van der Waals surface area (Å²) in [5.41, 5.74) is -0.635. The molecule has 2 fully saturated rings. The van der Waals surface area contributed by atoms with Crippen LogP contribution in [0.3, 0.4) is 0 Å². The van der Waals surface area contributed by atoms with Crippen LogP contribution in [0, 0.1) is 0 Å². The topological polar surface area (TPSA) is 75.9 Å². The molecule has 1 atom stereocenters. The first-order chi connectivity index (χ1) is 10.1. The van der Waals surface area contributed by atoms with Gasteiger partial charge >= 0.3 is 0 Å². The lowest BCUT2D eigenvalue weighted by atomic mass is 9.94. The van der Waals surface area contributed by atoms with Crippen LogP contribution in [0.25, 0.3) is 0 Å². The normalized spacial score (nSPS) is 27.0. The molecule has 0 aromatic carbocycles. The van der Waals surface area contributed by atoms with Gasteiger partial charge in [-0.15, -0.1) is 0 Å². The molecule has 21 heavy (non-hydrogen) atoms. The standard InChI is InChI=1S/C14H19N3O4/c1-16-6-3-2-5-14(13(16)19)10-17(7-9-20-14)12(18)11-4-8-21-15-11/h4,8H,2-3,5-7,9-10H2,1H3. The predicted octanol–water partition coefficient (Wildman–Crippen LogP) is 0.528. The largest absolute Gasteiger partial charge is 0.364 e. The van der Waals surface area contributed by atoms with Gasteiger partial charge in [0, 0.05) is 26.2 Å². The Morgan fingerprint density at radius 1 is 1.38 bits per heavy atom. The van der Waals surface area contributed by atoms with Gasteiger partial charge in [0.1, 0.15) is 6.26 Å². The number of carbonyl (C=O) groups excluding carboxylic acids is 2. The van der Waals surface area contributed by atoms with Crippen molar-refractivity contribution in [1.82, 2.24) is 15.0 Å². The average Bonchev–Trinajstić information content (AvgIpc) is 3.00. The molecule has 0 N–H and O–H groups in total. The third kappa shape index (κ3) is 2.53. The summed E-state index contributed by atoms with van der Waals surface area (Å²) in [7, 11) is 1.79. The first kappa shape index (κ1) is 14.1. The first-order valence-electron chi connectivity index (χ1n) is 7.22. The number of morpholine rings is 1.